The number of nitrogens with one attached hydrogen (secondary N) is 1. The first-order valence-corrected chi connectivity index (χ1v) is 9.34. The predicted molar refractivity (Wildman–Crippen MR) is 103 cm³/mol. The number of fused-ring (bicyclic) bond motifs is 1. The Bertz CT molecular complexity index is 1160. The summed E-state index contributed by atoms with van der Waals surface area (Å²) in [6.45, 7) is 2.22. The van der Waals surface area contributed by atoms with Crippen LogP contribution in [0.15, 0.2) is 53.3 Å². The Morgan fingerprint density at radius 1 is 1.29 bits per heavy atom. The molecule has 0 bridgehead atoms. The highest BCUT2D eigenvalue weighted by Crippen LogP contribution is 2.40. The van der Waals surface area contributed by atoms with Gasteiger partial charge in [-0.3, -0.25) is 4.79 Å². The summed E-state index contributed by atoms with van der Waals surface area (Å²) in [7, 11) is 0. The van der Waals surface area contributed by atoms with Gasteiger partial charge in [0, 0.05) is 30.6 Å². The number of aromatic nitrogens is 4. The van der Waals surface area contributed by atoms with Crippen molar-refractivity contribution in [3.05, 3.63) is 71.3 Å². The molecule has 0 atom stereocenters. The van der Waals surface area contributed by atoms with E-state index in [1.807, 2.05) is 49.5 Å². The number of amides is 1. The quantitative estimate of drug-likeness (QED) is 0.578. The van der Waals surface area contributed by atoms with Crippen LogP contribution in [0.3, 0.4) is 0 Å². The summed E-state index contributed by atoms with van der Waals surface area (Å²) < 4.78 is 7.13. The first kappa shape index (κ1) is 16.7. The third-order valence-corrected chi connectivity index (χ3v) is 5.06. The highest BCUT2D eigenvalue weighted by Gasteiger charge is 2.28. The highest BCUT2D eigenvalue weighted by molar-refractivity contribution is 6.06. The van der Waals surface area contributed by atoms with Crippen LogP contribution < -0.4 is 5.32 Å². The number of hydrogen-bond donors (Lipinski definition) is 1. The molecule has 0 radical (unpaired) electrons. The Kier molecular flexibility index (Phi) is 3.93. The van der Waals surface area contributed by atoms with Gasteiger partial charge in [0.1, 0.15) is 0 Å². The van der Waals surface area contributed by atoms with Crippen LogP contribution in [0.4, 0.5) is 0 Å². The van der Waals surface area contributed by atoms with Crippen LogP contribution >= 0.6 is 0 Å². The summed E-state index contributed by atoms with van der Waals surface area (Å²) >= 11 is 0. The van der Waals surface area contributed by atoms with Gasteiger partial charge in [-0.2, -0.15) is 5.10 Å². The minimum Gasteiger partial charge on any atom is -0.348 e. The Morgan fingerprint density at radius 3 is 2.93 bits per heavy atom. The maximum Gasteiger partial charge on any atom is 0.259 e. The van der Waals surface area contributed by atoms with Crippen molar-refractivity contribution in [3.63, 3.8) is 0 Å². The van der Waals surface area contributed by atoms with E-state index >= 15 is 0 Å². The SMILES string of the molecule is Cc1noc2nc(C3CC3)cc(C(=O)NCc3ccccc3-n3cccn3)c12. The molecule has 7 nitrogen and oxygen atoms in total. The second-order valence-corrected chi connectivity index (χ2v) is 7.08. The maximum absolute atomic E-state index is 13.0. The van der Waals surface area contributed by atoms with E-state index in [4.69, 9.17) is 4.52 Å². The van der Waals surface area contributed by atoms with Crippen LogP contribution in [0.5, 0.6) is 0 Å². The Hall–Kier alpha value is -3.48. The minimum atomic E-state index is -0.157. The molecule has 5 rings (SSSR count). The number of pyridine rings is 1. The fourth-order valence-corrected chi connectivity index (χ4v) is 3.45. The summed E-state index contributed by atoms with van der Waals surface area (Å²) in [6.07, 6.45) is 5.82. The van der Waals surface area contributed by atoms with E-state index in [0.29, 0.717) is 34.8 Å². The third-order valence-electron chi connectivity index (χ3n) is 5.06. The number of hydrogen-bond acceptors (Lipinski definition) is 5. The first-order valence-electron chi connectivity index (χ1n) is 9.34. The molecule has 1 aliphatic rings. The fraction of sp³-hybridized carbons (Fsp3) is 0.238. The lowest BCUT2D eigenvalue weighted by atomic mass is 10.1. The molecule has 0 unspecified atom stereocenters. The third kappa shape index (κ3) is 2.94. The lowest BCUT2D eigenvalue weighted by molar-refractivity contribution is 0.0952. The topological polar surface area (TPSA) is 85.8 Å². The Balaban J connectivity index is 1.45. The average molecular weight is 373 g/mol. The number of carbonyl (C=O) groups is 1. The van der Waals surface area contributed by atoms with E-state index < -0.39 is 0 Å². The van der Waals surface area contributed by atoms with Crippen molar-refractivity contribution in [3.8, 4) is 5.69 Å². The predicted octanol–water partition coefficient (Wildman–Crippen LogP) is 3.52. The largest absolute Gasteiger partial charge is 0.348 e. The van der Waals surface area contributed by atoms with E-state index in [2.05, 4.69) is 20.6 Å². The van der Waals surface area contributed by atoms with Crippen molar-refractivity contribution < 1.29 is 9.32 Å². The Morgan fingerprint density at radius 2 is 2.14 bits per heavy atom. The van der Waals surface area contributed by atoms with E-state index in [0.717, 1.165) is 29.8 Å². The van der Waals surface area contributed by atoms with Crippen LogP contribution in [-0.4, -0.2) is 25.8 Å². The van der Waals surface area contributed by atoms with Gasteiger partial charge < -0.3 is 9.84 Å². The van der Waals surface area contributed by atoms with Crippen molar-refractivity contribution in [1.29, 1.82) is 0 Å². The summed E-state index contributed by atoms with van der Waals surface area (Å²) in [5.74, 6) is 0.262. The van der Waals surface area contributed by atoms with Crippen molar-refractivity contribution in [1.82, 2.24) is 25.2 Å². The second kappa shape index (κ2) is 6.60. The van der Waals surface area contributed by atoms with E-state index in [1.54, 1.807) is 10.9 Å². The van der Waals surface area contributed by atoms with Crippen LogP contribution in [0, 0.1) is 6.92 Å². The zero-order chi connectivity index (χ0) is 19.1. The van der Waals surface area contributed by atoms with Crippen molar-refractivity contribution in [2.45, 2.75) is 32.2 Å². The summed E-state index contributed by atoms with van der Waals surface area (Å²) in [5, 5.41) is 12.0. The molecular formula is C21H19N5O2. The van der Waals surface area contributed by atoms with Gasteiger partial charge in [0.25, 0.3) is 11.6 Å². The van der Waals surface area contributed by atoms with Crippen molar-refractivity contribution in [2.75, 3.05) is 0 Å². The molecule has 1 amide bonds. The lowest BCUT2D eigenvalue weighted by Crippen LogP contribution is -2.24. The Labute approximate surface area is 161 Å². The van der Waals surface area contributed by atoms with Gasteiger partial charge in [0.15, 0.2) is 0 Å². The van der Waals surface area contributed by atoms with Gasteiger partial charge in [0.2, 0.25) is 0 Å². The molecule has 1 aromatic carbocycles. The minimum absolute atomic E-state index is 0.157. The second-order valence-electron chi connectivity index (χ2n) is 7.08. The maximum atomic E-state index is 13.0. The average Bonchev–Trinajstić information content (AvgIpc) is 3.30. The molecule has 28 heavy (non-hydrogen) atoms. The molecule has 1 aliphatic carbocycles. The number of nitrogens with zero attached hydrogens (tertiary/aromatic N) is 4. The molecule has 1 saturated carbocycles. The molecule has 3 heterocycles. The van der Waals surface area contributed by atoms with Gasteiger partial charge in [-0.05, 0) is 43.5 Å². The molecule has 140 valence electrons. The molecule has 1 fully saturated rings. The van der Waals surface area contributed by atoms with Crippen molar-refractivity contribution in [2.24, 2.45) is 0 Å². The fourth-order valence-electron chi connectivity index (χ4n) is 3.45. The smallest absolute Gasteiger partial charge is 0.259 e. The highest BCUT2D eigenvalue weighted by atomic mass is 16.5. The van der Waals surface area contributed by atoms with Crippen LogP contribution in [0.25, 0.3) is 16.8 Å². The normalized spacial score (nSPS) is 13.8. The van der Waals surface area contributed by atoms with Crippen LogP contribution in [0.2, 0.25) is 0 Å². The molecule has 1 N–H and O–H groups in total. The first-order chi connectivity index (χ1) is 13.7. The summed E-state index contributed by atoms with van der Waals surface area (Å²) in [4.78, 5) is 17.6. The monoisotopic (exact) mass is 373 g/mol. The number of benzene rings is 1. The van der Waals surface area contributed by atoms with Gasteiger partial charge in [-0.25, -0.2) is 9.67 Å². The van der Waals surface area contributed by atoms with Gasteiger partial charge in [-0.1, -0.05) is 23.4 Å². The molecule has 7 heteroatoms. The van der Waals surface area contributed by atoms with Crippen LogP contribution in [0.1, 0.15) is 46.1 Å². The van der Waals surface area contributed by atoms with Gasteiger partial charge in [0.05, 0.1) is 22.3 Å². The molecule has 0 saturated heterocycles. The van der Waals surface area contributed by atoms with Crippen LogP contribution in [-0.2, 0) is 6.54 Å². The molecule has 3 aromatic heterocycles. The number of para-hydroxylation sites is 1. The number of aryl methyl sites for hydroxylation is 1. The number of rotatable bonds is 5. The number of carbonyl (C=O) groups excluding carboxylic acids is 1. The molecule has 0 aliphatic heterocycles. The summed E-state index contributed by atoms with van der Waals surface area (Å²) in [5.41, 5.74) is 4.51. The van der Waals surface area contributed by atoms with Gasteiger partial charge in [-0.15, -0.1) is 0 Å². The molecule has 4 aromatic rings. The standard InChI is InChI=1S/C21H19N5O2/c1-13-19-16(11-17(14-7-8-14)24-21(19)28-25-13)20(27)22-12-15-5-2-3-6-18(15)26-10-4-9-23-26/h2-6,9-11,14H,7-8,12H2,1H3,(H,22,27). The van der Waals surface area contributed by atoms with E-state index in [-0.39, 0.29) is 5.91 Å². The summed E-state index contributed by atoms with van der Waals surface area (Å²) in [6, 6.07) is 11.6. The lowest BCUT2D eigenvalue weighted by Gasteiger charge is -2.11. The molecular weight excluding hydrogens is 354 g/mol. The van der Waals surface area contributed by atoms with Gasteiger partial charge >= 0.3 is 0 Å². The van der Waals surface area contributed by atoms with E-state index in [9.17, 15) is 4.79 Å². The van der Waals surface area contributed by atoms with E-state index in [1.165, 1.54) is 0 Å². The zero-order valence-electron chi connectivity index (χ0n) is 15.4. The zero-order valence-corrected chi connectivity index (χ0v) is 15.4. The molecule has 0 spiro atoms. The van der Waals surface area contributed by atoms with Crippen molar-refractivity contribution >= 4 is 17.0 Å².